The highest BCUT2D eigenvalue weighted by molar-refractivity contribution is 5.32. The number of rotatable bonds is 1. The highest BCUT2D eigenvalue weighted by atomic mass is 15.4. The van der Waals surface area contributed by atoms with Crippen LogP contribution in [-0.4, -0.2) is 47.1 Å². The van der Waals surface area contributed by atoms with Gasteiger partial charge < -0.3 is 4.90 Å². The molecule has 0 radical (unpaired) electrons. The van der Waals surface area contributed by atoms with Crippen LogP contribution in [0.25, 0.3) is 0 Å². The van der Waals surface area contributed by atoms with Crippen molar-refractivity contribution in [3.05, 3.63) is 18.0 Å². The average Bonchev–Trinajstić information content (AvgIpc) is 2.54. The molecule has 0 N–H and O–H groups in total. The second-order valence-electron chi connectivity index (χ2n) is 5.02. The van der Waals surface area contributed by atoms with Crippen molar-refractivity contribution in [1.82, 2.24) is 14.9 Å². The summed E-state index contributed by atoms with van der Waals surface area (Å²) < 4.78 is 0. The summed E-state index contributed by atoms with van der Waals surface area (Å²) in [6, 6.07) is 1.40. The molecule has 4 heteroatoms. The molecular weight excluding hydrogens is 200 g/mol. The molecule has 2 fully saturated rings. The Morgan fingerprint density at radius 2 is 1.69 bits per heavy atom. The van der Waals surface area contributed by atoms with E-state index in [0.717, 1.165) is 24.6 Å². The zero-order chi connectivity index (χ0) is 11.1. The van der Waals surface area contributed by atoms with E-state index in [2.05, 4.69) is 26.8 Å². The van der Waals surface area contributed by atoms with E-state index in [0.29, 0.717) is 12.1 Å². The van der Waals surface area contributed by atoms with Crippen LogP contribution < -0.4 is 4.90 Å². The van der Waals surface area contributed by atoms with Crippen molar-refractivity contribution >= 4 is 5.95 Å². The van der Waals surface area contributed by atoms with Crippen LogP contribution in [0.4, 0.5) is 5.95 Å². The van der Waals surface area contributed by atoms with E-state index >= 15 is 0 Å². The van der Waals surface area contributed by atoms with Gasteiger partial charge in [-0.15, -0.1) is 0 Å². The third-order valence-corrected chi connectivity index (χ3v) is 3.90. The van der Waals surface area contributed by atoms with Crippen LogP contribution in [0.2, 0.25) is 0 Å². The lowest BCUT2D eigenvalue weighted by molar-refractivity contribution is 0.211. The molecule has 1 aromatic heterocycles. The van der Waals surface area contributed by atoms with Crippen molar-refractivity contribution in [2.75, 3.05) is 25.0 Å². The van der Waals surface area contributed by atoms with E-state index in [1.54, 1.807) is 0 Å². The van der Waals surface area contributed by atoms with Crippen LogP contribution in [0.3, 0.4) is 0 Å². The zero-order valence-corrected chi connectivity index (χ0v) is 9.93. The molecule has 2 aliphatic heterocycles. The number of anilines is 1. The molecule has 3 heterocycles. The minimum Gasteiger partial charge on any atom is -0.338 e. The number of piperazine rings is 1. The molecule has 1 aromatic rings. The summed E-state index contributed by atoms with van der Waals surface area (Å²) in [5.41, 5.74) is 1.13. The molecule has 2 saturated heterocycles. The van der Waals surface area contributed by atoms with Crippen LogP contribution in [0.1, 0.15) is 18.4 Å². The average molecular weight is 218 g/mol. The Morgan fingerprint density at radius 3 is 2.25 bits per heavy atom. The van der Waals surface area contributed by atoms with E-state index in [4.69, 9.17) is 0 Å². The van der Waals surface area contributed by atoms with Gasteiger partial charge in [-0.2, -0.15) is 0 Å². The van der Waals surface area contributed by atoms with Crippen LogP contribution >= 0.6 is 0 Å². The number of aryl methyl sites for hydroxylation is 1. The standard InChI is InChI=1S/C12H18N4/c1-9-5-13-12(14-6-9)16-7-10-3-4-11(8-16)15(10)2/h5-6,10-11H,3-4,7-8H2,1-2H3. The normalized spacial score (nSPS) is 29.8. The quantitative estimate of drug-likeness (QED) is 0.706. The first-order valence-electron chi connectivity index (χ1n) is 5.99. The first kappa shape index (κ1) is 10.0. The van der Waals surface area contributed by atoms with Crippen molar-refractivity contribution < 1.29 is 0 Å². The number of likely N-dealkylation sites (N-methyl/N-ethyl adjacent to an activating group) is 1. The van der Waals surface area contributed by atoms with E-state index in [9.17, 15) is 0 Å². The Bertz CT molecular complexity index is 361. The molecule has 2 atom stereocenters. The highest BCUT2D eigenvalue weighted by Gasteiger charge is 2.38. The van der Waals surface area contributed by atoms with Gasteiger partial charge in [0.2, 0.25) is 5.95 Å². The lowest BCUT2D eigenvalue weighted by atomic mass is 10.2. The van der Waals surface area contributed by atoms with Gasteiger partial charge >= 0.3 is 0 Å². The molecule has 0 aromatic carbocycles. The van der Waals surface area contributed by atoms with Crippen LogP contribution in [0.15, 0.2) is 12.4 Å². The van der Waals surface area contributed by atoms with Gasteiger partial charge in [0.05, 0.1) is 0 Å². The first-order chi connectivity index (χ1) is 7.74. The highest BCUT2D eigenvalue weighted by Crippen LogP contribution is 2.29. The van der Waals surface area contributed by atoms with Crippen molar-refractivity contribution in [3.63, 3.8) is 0 Å². The minimum absolute atomic E-state index is 0.698. The fraction of sp³-hybridized carbons (Fsp3) is 0.667. The van der Waals surface area contributed by atoms with E-state index < -0.39 is 0 Å². The molecule has 0 saturated carbocycles. The van der Waals surface area contributed by atoms with E-state index in [1.165, 1.54) is 12.8 Å². The molecule has 16 heavy (non-hydrogen) atoms. The Labute approximate surface area is 96.3 Å². The Balaban J connectivity index is 1.80. The topological polar surface area (TPSA) is 32.3 Å². The maximum Gasteiger partial charge on any atom is 0.225 e. The van der Waals surface area contributed by atoms with Gasteiger partial charge in [0.25, 0.3) is 0 Å². The molecule has 0 amide bonds. The summed E-state index contributed by atoms with van der Waals surface area (Å²) in [7, 11) is 2.25. The van der Waals surface area contributed by atoms with Gasteiger partial charge in [-0.25, -0.2) is 9.97 Å². The van der Waals surface area contributed by atoms with Gasteiger partial charge in [0.15, 0.2) is 0 Å². The Hall–Kier alpha value is -1.16. The fourth-order valence-corrected chi connectivity index (χ4v) is 2.83. The Kier molecular flexibility index (Phi) is 2.32. The summed E-state index contributed by atoms with van der Waals surface area (Å²) in [6.07, 6.45) is 6.46. The lowest BCUT2D eigenvalue weighted by Crippen LogP contribution is -2.52. The van der Waals surface area contributed by atoms with Gasteiger partial charge in [0, 0.05) is 37.6 Å². The van der Waals surface area contributed by atoms with E-state index in [1.807, 2.05) is 19.3 Å². The second kappa shape index (κ2) is 3.70. The minimum atomic E-state index is 0.698. The van der Waals surface area contributed by atoms with Gasteiger partial charge in [-0.05, 0) is 32.4 Å². The third-order valence-electron chi connectivity index (χ3n) is 3.90. The molecule has 2 unspecified atom stereocenters. The van der Waals surface area contributed by atoms with Crippen molar-refractivity contribution in [2.24, 2.45) is 0 Å². The summed E-state index contributed by atoms with van der Waals surface area (Å²) >= 11 is 0. The molecule has 86 valence electrons. The smallest absolute Gasteiger partial charge is 0.225 e. The third kappa shape index (κ3) is 1.57. The Morgan fingerprint density at radius 1 is 1.12 bits per heavy atom. The molecule has 0 spiro atoms. The molecule has 3 rings (SSSR count). The maximum atomic E-state index is 4.42. The molecule has 2 aliphatic rings. The van der Waals surface area contributed by atoms with E-state index in [-0.39, 0.29) is 0 Å². The SMILES string of the molecule is Cc1cnc(N2CC3CCC(C2)N3C)nc1. The molecular formula is C12H18N4. The lowest BCUT2D eigenvalue weighted by Gasteiger charge is -2.38. The maximum absolute atomic E-state index is 4.42. The number of hydrogen-bond donors (Lipinski definition) is 0. The van der Waals surface area contributed by atoms with Gasteiger partial charge in [0.1, 0.15) is 0 Å². The summed E-state index contributed by atoms with van der Waals surface area (Å²) in [6.45, 7) is 4.18. The van der Waals surface area contributed by atoms with Crippen LogP contribution in [-0.2, 0) is 0 Å². The van der Waals surface area contributed by atoms with Crippen molar-refractivity contribution in [1.29, 1.82) is 0 Å². The molecule has 2 bridgehead atoms. The number of aromatic nitrogens is 2. The summed E-state index contributed by atoms with van der Waals surface area (Å²) in [5, 5.41) is 0. The predicted molar refractivity (Wildman–Crippen MR) is 63.6 cm³/mol. The summed E-state index contributed by atoms with van der Waals surface area (Å²) in [4.78, 5) is 13.7. The van der Waals surface area contributed by atoms with Crippen LogP contribution in [0.5, 0.6) is 0 Å². The first-order valence-corrected chi connectivity index (χ1v) is 5.99. The number of nitrogens with zero attached hydrogens (tertiary/aromatic N) is 4. The second-order valence-corrected chi connectivity index (χ2v) is 5.02. The van der Waals surface area contributed by atoms with Crippen LogP contribution in [0, 0.1) is 6.92 Å². The number of hydrogen-bond acceptors (Lipinski definition) is 4. The number of fused-ring (bicyclic) bond motifs is 2. The fourth-order valence-electron chi connectivity index (χ4n) is 2.83. The van der Waals surface area contributed by atoms with Gasteiger partial charge in [-0.1, -0.05) is 0 Å². The zero-order valence-electron chi connectivity index (χ0n) is 9.93. The monoisotopic (exact) mass is 218 g/mol. The van der Waals surface area contributed by atoms with Gasteiger partial charge in [-0.3, -0.25) is 4.90 Å². The molecule has 4 nitrogen and oxygen atoms in total. The largest absolute Gasteiger partial charge is 0.338 e. The van der Waals surface area contributed by atoms with Crippen molar-refractivity contribution in [2.45, 2.75) is 31.8 Å². The summed E-state index contributed by atoms with van der Waals surface area (Å²) in [5.74, 6) is 0.899. The predicted octanol–water partition coefficient (Wildman–Crippen LogP) is 1.07. The molecule has 0 aliphatic carbocycles. The van der Waals surface area contributed by atoms with Crippen molar-refractivity contribution in [3.8, 4) is 0 Å².